The summed E-state index contributed by atoms with van der Waals surface area (Å²) in [6, 6.07) is 3.65. The van der Waals surface area contributed by atoms with Crippen molar-refractivity contribution >= 4 is 17.4 Å². The topological polar surface area (TPSA) is 55.2 Å². The van der Waals surface area contributed by atoms with Gasteiger partial charge < -0.3 is 9.47 Å². The van der Waals surface area contributed by atoms with Crippen LogP contribution in [0.25, 0.3) is 0 Å². The number of amides is 1. The van der Waals surface area contributed by atoms with Crippen LogP contribution in [0.3, 0.4) is 0 Å². The van der Waals surface area contributed by atoms with Crippen molar-refractivity contribution in [2.24, 2.45) is 0 Å². The lowest BCUT2D eigenvalue weighted by molar-refractivity contribution is -0.114. The summed E-state index contributed by atoms with van der Waals surface area (Å²) < 4.78 is 1.96. The van der Waals surface area contributed by atoms with Crippen molar-refractivity contribution in [2.45, 2.75) is 26.8 Å². The van der Waals surface area contributed by atoms with E-state index < -0.39 is 11.7 Å². The molecule has 0 saturated heterocycles. The largest absolute Gasteiger partial charge is 0.337 e. The number of benzene rings is 1. The first-order valence-corrected chi connectivity index (χ1v) is 7.01. The van der Waals surface area contributed by atoms with Crippen molar-refractivity contribution in [1.82, 2.24) is 9.55 Å². The average molecular weight is 283 g/mol. The smallest absolute Gasteiger partial charge is 0.299 e. The molecule has 1 aliphatic heterocycles. The van der Waals surface area contributed by atoms with Crippen LogP contribution in [-0.4, -0.2) is 27.8 Å². The van der Waals surface area contributed by atoms with E-state index in [9.17, 15) is 9.59 Å². The van der Waals surface area contributed by atoms with Crippen molar-refractivity contribution in [2.75, 3.05) is 11.4 Å². The van der Waals surface area contributed by atoms with Crippen LogP contribution in [0.5, 0.6) is 0 Å². The standard InChI is InChI=1S/C16H17N3O2/c1-11-4-5-13-14(12(11)2)19(16(21)15(13)20)8-3-7-18-9-6-17-10-18/h4-6,9-10H,3,7-8H2,1-2H3. The Labute approximate surface area is 123 Å². The maximum Gasteiger partial charge on any atom is 0.299 e. The number of carbonyl (C=O) groups is 2. The maximum absolute atomic E-state index is 12.2. The number of ketones is 1. The van der Waals surface area contributed by atoms with E-state index in [4.69, 9.17) is 0 Å². The number of hydrogen-bond acceptors (Lipinski definition) is 3. The molecule has 0 spiro atoms. The minimum atomic E-state index is -0.413. The predicted octanol–water partition coefficient (Wildman–Crippen LogP) is 2.12. The fourth-order valence-electron chi connectivity index (χ4n) is 2.72. The zero-order valence-corrected chi connectivity index (χ0v) is 12.2. The molecular weight excluding hydrogens is 266 g/mol. The molecule has 2 aromatic rings. The van der Waals surface area contributed by atoms with Gasteiger partial charge >= 0.3 is 0 Å². The highest BCUT2D eigenvalue weighted by Crippen LogP contribution is 2.34. The molecule has 108 valence electrons. The molecule has 1 amide bonds. The summed E-state index contributed by atoms with van der Waals surface area (Å²) in [6.07, 6.45) is 6.15. The van der Waals surface area contributed by atoms with Crippen LogP contribution in [0.15, 0.2) is 30.9 Å². The lowest BCUT2D eigenvalue weighted by atomic mass is 10.0. The summed E-state index contributed by atoms with van der Waals surface area (Å²) in [5.41, 5.74) is 3.42. The van der Waals surface area contributed by atoms with Gasteiger partial charge in [0.05, 0.1) is 17.6 Å². The van der Waals surface area contributed by atoms with E-state index in [1.807, 2.05) is 30.7 Å². The number of aryl methyl sites for hydroxylation is 2. The Bertz CT molecular complexity index is 705. The molecule has 1 aromatic carbocycles. The lowest BCUT2D eigenvalue weighted by Gasteiger charge is -2.19. The second-order valence-corrected chi connectivity index (χ2v) is 5.34. The molecule has 0 N–H and O–H groups in total. The molecule has 5 heteroatoms. The van der Waals surface area contributed by atoms with Gasteiger partial charge in [0.1, 0.15) is 0 Å². The van der Waals surface area contributed by atoms with Gasteiger partial charge in [-0.2, -0.15) is 0 Å². The quantitative estimate of drug-likeness (QED) is 0.808. The molecular formula is C16H17N3O2. The number of rotatable bonds is 4. The molecule has 5 nitrogen and oxygen atoms in total. The fourth-order valence-corrected chi connectivity index (χ4v) is 2.72. The van der Waals surface area contributed by atoms with Gasteiger partial charge in [0.15, 0.2) is 0 Å². The number of imidazole rings is 1. The summed E-state index contributed by atoms with van der Waals surface area (Å²) >= 11 is 0. The number of aromatic nitrogens is 2. The van der Waals surface area contributed by atoms with E-state index in [1.165, 1.54) is 0 Å². The molecule has 0 saturated carbocycles. The summed E-state index contributed by atoms with van der Waals surface area (Å²) in [7, 11) is 0. The van der Waals surface area contributed by atoms with Gasteiger partial charge in [-0.05, 0) is 37.5 Å². The van der Waals surface area contributed by atoms with Crippen LogP contribution in [-0.2, 0) is 11.3 Å². The second kappa shape index (κ2) is 5.16. The van der Waals surface area contributed by atoms with Gasteiger partial charge in [0.2, 0.25) is 0 Å². The predicted molar refractivity (Wildman–Crippen MR) is 79.4 cm³/mol. The fraction of sp³-hybridized carbons (Fsp3) is 0.312. The van der Waals surface area contributed by atoms with Gasteiger partial charge in [0, 0.05) is 25.5 Å². The van der Waals surface area contributed by atoms with Gasteiger partial charge in [-0.15, -0.1) is 0 Å². The van der Waals surface area contributed by atoms with Gasteiger partial charge in [-0.25, -0.2) is 4.98 Å². The highest BCUT2D eigenvalue weighted by atomic mass is 16.2. The van der Waals surface area contributed by atoms with E-state index >= 15 is 0 Å². The zero-order valence-electron chi connectivity index (χ0n) is 12.2. The molecule has 1 aliphatic rings. The molecule has 0 radical (unpaired) electrons. The van der Waals surface area contributed by atoms with Gasteiger partial charge in [-0.1, -0.05) is 6.07 Å². The van der Waals surface area contributed by atoms with Crippen LogP contribution in [0.2, 0.25) is 0 Å². The average Bonchev–Trinajstić information content (AvgIpc) is 3.06. The number of carbonyl (C=O) groups excluding carboxylic acids is 2. The molecule has 0 fully saturated rings. The first-order valence-electron chi connectivity index (χ1n) is 7.01. The summed E-state index contributed by atoms with van der Waals surface area (Å²) in [5.74, 6) is -0.805. The normalized spacial score (nSPS) is 13.9. The van der Waals surface area contributed by atoms with Gasteiger partial charge in [-0.3, -0.25) is 9.59 Å². The van der Waals surface area contributed by atoms with Crippen molar-refractivity contribution in [3.05, 3.63) is 47.5 Å². The first-order chi connectivity index (χ1) is 10.1. The second-order valence-electron chi connectivity index (χ2n) is 5.34. The van der Waals surface area contributed by atoms with E-state index in [-0.39, 0.29) is 0 Å². The molecule has 1 aromatic heterocycles. The van der Waals surface area contributed by atoms with Crippen molar-refractivity contribution in [3.63, 3.8) is 0 Å². The number of anilines is 1. The Morgan fingerprint density at radius 2 is 1.95 bits per heavy atom. The first kappa shape index (κ1) is 13.5. The monoisotopic (exact) mass is 283 g/mol. The third-order valence-electron chi connectivity index (χ3n) is 4.01. The van der Waals surface area contributed by atoms with Gasteiger partial charge in [0.25, 0.3) is 11.7 Å². The Morgan fingerprint density at radius 1 is 1.14 bits per heavy atom. The van der Waals surface area contributed by atoms with Crippen LogP contribution < -0.4 is 4.90 Å². The van der Waals surface area contributed by atoms with Crippen LogP contribution in [0.4, 0.5) is 5.69 Å². The van der Waals surface area contributed by atoms with Crippen LogP contribution in [0, 0.1) is 13.8 Å². The van der Waals surface area contributed by atoms with E-state index in [2.05, 4.69) is 4.98 Å². The number of Topliss-reactive ketones (excluding diaryl/α,β-unsaturated/α-hetero) is 1. The minimum absolute atomic E-state index is 0.393. The highest BCUT2D eigenvalue weighted by Gasteiger charge is 2.36. The van der Waals surface area contributed by atoms with Crippen molar-refractivity contribution in [1.29, 1.82) is 0 Å². The summed E-state index contributed by atoms with van der Waals surface area (Å²) in [5, 5.41) is 0. The number of hydrogen-bond donors (Lipinski definition) is 0. The van der Waals surface area contributed by atoms with Crippen LogP contribution in [0.1, 0.15) is 27.9 Å². The summed E-state index contributed by atoms with van der Waals surface area (Å²) in [6.45, 7) is 5.27. The van der Waals surface area contributed by atoms with Crippen molar-refractivity contribution < 1.29 is 9.59 Å². The van der Waals surface area contributed by atoms with Crippen molar-refractivity contribution in [3.8, 4) is 0 Å². The SMILES string of the molecule is Cc1ccc2c(c1C)N(CCCn1ccnc1)C(=O)C2=O. The number of fused-ring (bicyclic) bond motifs is 1. The highest BCUT2D eigenvalue weighted by molar-refractivity contribution is 6.52. The Morgan fingerprint density at radius 3 is 2.67 bits per heavy atom. The minimum Gasteiger partial charge on any atom is -0.337 e. The molecule has 2 heterocycles. The molecule has 21 heavy (non-hydrogen) atoms. The Balaban J connectivity index is 1.82. The lowest BCUT2D eigenvalue weighted by Crippen LogP contribution is -2.31. The van der Waals surface area contributed by atoms with E-state index in [0.717, 1.165) is 29.8 Å². The molecule has 0 bridgehead atoms. The summed E-state index contributed by atoms with van der Waals surface area (Å²) in [4.78, 5) is 29.8. The van der Waals surface area contributed by atoms with Crippen LogP contribution >= 0.6 is 0 Å². The molecule has 0 atom stereocenters. The third kappa shape index (κ3) is 2.24. The Hall–Kier alpha value is -2.43. The van der Waals surface area contributed by atoms with E-state index in [1.54, 1.807) is 23.5 Å². The molecule has 0 unspecified atom stereocenters. The van der Waals surface area contributed by atoms with E-state index in [0.29, 0.717) is 12.1 Å². The Kier molecular flexibility index (Phi) is 3.33. The number of nitrogens with zero attached hydrogens (tertiary/aromatic N) is 3. The molecule has 3 rings (SSSR count). The zero-order chi connectivity index (χ0) is 15.0. The third-order valence-corrected chi connectivity index (χ3v) is 4.01. The molecule has 0 aliphatic carbocycles. The maximum atomic E-state index is 12.2.